The van der Waals surface area contributed by atoms with Crippen molar-refractivity contribution in [2.24, 2.45) is 0 Å². The first-order valence-electron chi connectivity index (χ1n) is 3.94. The summed E-state index contributed by atoms with van der Waals surface area (Å²) in [4.78, 5) is 0. The first-order valence-corrected chi connectivity index (χ1v) is 7.01. The summed E-state index contributed by atoms with van der Waals surface area (Å²) in [5.74, 6) is 0. The zero-order chi connectivity index (χ0) is 8.04. The molecule has 1 nitrogen and oxygen atoms in total. The Morgan fingerprint density at radius 2 is 1.70 bits per heavy atom. The van der Waals surface area contributed by atoms with Crippen molar-refractivity contribution < 1.29 is 4.43 Å². The fourth-order valence-electron chi connectivity index (χ4n) is 0.988. The Hall–Kier alpha value is 0.467. The normalized spacial score (nSPS) is 12.0. The summed E-state index contributed by atoms with van der Waals surface area (Å²) in [7, 11) is -1.45. The van der Waals surface area contributed by atoms with Crippen LogP contribution in [-0.2, 0) is 4.43 Å². The van der Waals surface area contributed by atoms with E-state index in [1.807, 2.05) is 6.92 Å². The third kappa shape index (κ3) is 2.60. The topological polar surface area (TPSA) is 9.23 Å². The molecular weight excluding hydrogens is 164 g/mol. The van der Waals surface area contributed by atoms with Gasteiger partial charge in [0.25, 0.3) is 0 Å². The van der Waals surface area contributed by atoms with Crippen LogP contribution in [0.25, 0.3) is 0 Å². The van der Waals surface area contributed by atoms with Crippen LogP contribution < -0.4 is 0 Å². The molecule has 62 valence electrons. The van der Waals surface area contributed by atoms with Crippen LogP contribution in [0, 0.1) is 0 Å². The van der Waals surface area contributed by atoms with Gasteiger partial charge in [0, 0.05) is 12.1 Å². The Morgan fingerprint density at radius 3 is 1.80 bits per heavy atom. The fourth-order valence-corrected chi connectivity index (χ4v) is 4.33. The van der Waals surface area contributed by atoms with Crippen LogP contribution in [0.4, 0.5) is 0 Å². The van der Waals surface area contributed by atoms with Crippen molar-refractivity contribution in [1.82, 2.24) is 0 Å². The Kier molecular flexibility index (Phi) is 5.40. The van der Waals surface area contributed by atoms with Crippen LogP contribution in [-0.4, -0.2) is 20.4 Å². The Labute approximate surface area is 69.9 Å². The highest BCUT2D eigenvalue weighted by molar-refractivity contribution is 6.79. The van der Waals surface area contributed by atoms with Crippen molar-refractivity contribution in [2.45, 2.75) is 32.9 Å². The van der Waals surface area contributed by atoms with Gasteiger partial charge in [0.05, 0.1) is 0 Å². The monoisotopic (exact) mass is 180 g/mol. The predicted octanol–water partition coefficient (Wildman–Crippen LogP) is 2.79. The fraction of sp³-hybridized carbons (Fsp3) is 1.00. The molecule has 10 heavy (non-hydrogen) atoms. The summed E-state index contributed by atoms with van der Waals surface area (Å²) in [5, 5.41) is 0. The largest absolute Gasteiger partial charge is 0.416 e. The second-order valence-corrected chi connectivity index (χ2v) is 7.59. The number of rotatable bonds is 5. The van der Waals surface area contributed by atoms with Gasteiger partial charge in [0.1, 0.15) is 0 Å². The molecular formula is C7H17ClOSi. The van der Waals surface area contributed by atoms with Gasteiger partial charge in [-0.1, -0.05) is 13.8 Å². The minimum absolute atomic E-state index is 0.744. The van der Waals surface area contributed by atoms with Crippen molar-refractivity contribution in [3.8, 4) is 0 Å². The molecule has 0 rings (SSSR count). The summed E-state index contributed by atoms with van der Waals surface area (Å²) in [6, 6.07) is 2.28. The third-order valence-corrected chi connectivity index (χ3v) is 7.41. The summed E-state index contributed by atoms with van der Waals surface area (Å²) >= 11 is 5.84. The molecule has 0 atom stereocenters. The Morgan fingerprint density at radius 1 is 1.20 bits per heavy atom. The second-order valence-electron chi connectivity index (χ2n) is 2.46. The van der Waals surface area contributed by atoms with Crippen molar-refractivity contribution >= 4 is 19.9 Å². The molecule has 0 spiro atoms. The summed E-state index contributed by atoms with van der Waals surface area (Å²) in [6.45, 7) is 7.21. The molecule has 0 unspecified atom stereocenters. The van der Waals surface area contributed by atoms with Crippen molar-refractivity contribution in [3.05, 3.63) is 0 Å². The van der Waals surface area contributed by atoms with Crippen LogP contribution in [0.3, 0.4) is 0 Å². The average molecular weight is 181 g/mol. The van der Waals surface area contributed by atoms with E-state index in [-0.39, 0.29) is 0 Å². The van der Waals surface area contributed by atoms with E-state index in [2.05, 4.69) is 13.8 Å². The lowest BCUT2D eigenvalue weighted by molar-refractivity contribution is 0.324. The van der Waals surface area contributed by atoms with E-state index >= 15 is 0 Å². The molecule has 0 bridgehead atoms. The number of hydrogen-bond donors (Lipinski definition) is 0. The van der Waals surface area contributed by atoms with Gasteiger partial charge < -0.3 is 4.43 Å². The quantitative estimate of drug-likeness (QED) is 0.467. The highest BCUT2D eigenvalue weighted by atomic mass is 35.5. The van der Waals surface area contributed by atoms with Gasteiger partial charge >= 0.3 is 0 Å². The molecule has 3 heteroatoms. The molecule has 0 heterocycles. The average Bonchev–Trinajstić information content (AvgIpc) is 2.01. The maximum atomic E-state index is 5.84. The summed E-state index contributed by atoms with van der Waals surface area (Å²) < 4.78 is 5.68. The molecule has 0 N–H and O–H groups in total. The predicted molar refractivity (Wildman–Crippen MR) is 49.1 cm³/mol. The van der Waals surface area contributed by atoms with Gasteiger partial charge in [-0.15, -0.1) is 11.6 Å². The van der Waals surface area contributed by atoms with Crippen molar-refractivity contribution in [1.29, 1.82) is 0 Å². The number of hydrogen-bond acceptors (Lipinski definition) is 1. The minimum atomic E-state index is -1.45. The lowest BCUT2D eigenvalue weighted by Gasteiger charge is -2.25. The second kappa shape index (κ2) is 5.16. The minimum Gasteiger partial charge on any atom is -0.416 e. The van der Waals surface area contributed by atoms with Crippen LogP contribution in [0.1, 0.15) is 20.8 Å². The van der Waals surface area contributed by atoms with E-state index in [0.29, 0.717) is 0 Å². The Balaban J connectivity index is 3.87. The van der Waals surface area contributed by atoms with Crippen LogP contribution in [0.5, 0.6) is 0 Å². The SMILES string of the molecule is CCO[Si](CC)(CC)CCl. The van der Waals surface area contributed by atoms with Crippen molar-refractivity contribution in [3.63, 3.8) is 0 Å². The molecule has 0 aliphatic carbocycles. The van der Waals surface area contributed by atoms with Crippen molar-refractivity contribution in [2.75, 3.05) is 12.1 Å². The van der Waals surface area contributed by atoms with Gasteiger partial charge in [-0.25, -0.2) is 0 Å². The number of alkyl halides is 1. The maximum absolute atomic E-state index is 5.84. The van der Waals surface area contributed by atoms with Crippen LogP contribution in [0.15, 0.2) is 0 Å². The highest BCUT2D eigenvalue weighted by Crippen LogP contribution is 2.17. The molecule has 0 radical (unpaired) electrons. The zero-order valence-electron chi connectivity index (χ0n) is 7.11. The highest BCUT2D eigenvalue weighted by Gasteiger charge is 2.28. The molecule has 0 aromatic carbocycles. The summed E-state index contributed by atoms with van der Waals surface area (Å²) in [5.41, 5.74) is 0.744. The first-order chi connectivity index (χ1) is 4.74. The number of halogens is 1. The van der Waals surface area contributed by atoms with E-state index in [0.717, 1.165) is 24.2 Å². The van der Waals surface area contributed by atoms with Gasteiger partial charge in [0.2, 0.25) is 8.32 Å². The third-order valence-electron chi connectivity index (χ3n) is 1.98. The molecule has 0 aromatic rings. The first kappa shape index (κ1) is 10.5. The molecule has 0 aliphatic heterocycles. The van der Waals surface area contributed by atoms with E-state index in [9.17, 15) is 0 Å². The standard InChI is InChI=1S/C7H17ClOSi/c1-4-9-10(5-2,6-3)7-8/h4-7H2,1-3H3. The van der Waals surface area contributed by atoms with Gasteiger partial charge in [0.15, 0.2) is 0 Å². The van der Waals surface area contributed by atoms with E-state index in [1.165, 1.54) is 0 Å². The zero-order valence-corrected chi connectivity index (χ0v) is 8.87. The van der Waals surface area contributed by atoms with E-state index in [4.69, 9.17) is 16.0 Å². The summed E-state index contributed by atoms with van der Waals surface area (Å²) in [6.07, 6.45) is 0. The Bertz CT molecular complexity index is 75.4. The molecule has 0 saturated heterocycles. The lowest BCUT2D eigenvalue weighted by Crippen LogP contribution is -2.39. The van der Waals surface area contributed by atoms with E-state index < -0.39 is 8.32 Å². The molecule has 0 fully saturated rings. The maximum Gasteiger partial charge on any atom is 0.206 e. The van der Waals surface area contributed by atoms with Gasteiger partial charge in [-0.05, 0) is 19.0 Å². The smallest absolute Gasteiger partial charge is 0.206 e. The van der Waals surface area contributed by atoms with Crippen LogP contribution in [0.2, 0.25) is 12.1 Å². The molecule has 0 saturated carbocycles. The molecule has 0 aromatic heterocycles. The van der Waals surface area contributed by atoms with Gasteiger partial charge in [-0.2, -0.15) is 0 Å². The molecule has 0 amide bonds. The van der Waals surface area contributed by atoms with Gasteiger partial charge in [-0.3, -0.25) is 0 Å². The lowest BCUT2D eigenvalue weighted by atomic mass is 10.9. The van der Waals surface area contributed by atoms with E-state index in [1.54, 1.807) is 0 Å². The molecule has 0 aliphatic rings. The van der Waals surface area contributed by atoms with Crippen LogP contribution >= 0.6 is 11.6 Å².